The Labute approximate surface area is 318 Å². The number of aliphatic hydroxyl groups is 1. The number of nitrogens with one attached hydrogen (secondary N) is 1. The highest BCUT2D eigenvalue weighted by Gasteiger charge is 2.40. The number of methoxy groups -OCH3 is 2. The third-order valence-electron chi connectivity index (χ3n) is 11.4. The van der Waals surface area contributed by atoms with E-state index >= 15 is 0 Å². The van der Waals surface area contributed by atoms with Crippen LogP contribution in [0, 0.1) is 11.8 Å². The molecule has 4 aromatic rings. The summed E-state index contributed by atoms with van der Waals surface area (Å²) in [7, 11) is 2.96. The van der Waals surface area contributed by atoms with Crippen LogP contribution < -0.4 is 14.8 Å². The highest BCUT2D eigenvalue weighted by molar-refractivity contribution is 6.36. The van der Waals surface area contributed by atoms with Gasteiger partial charge in [0.15, 0.2) is 0 Å². The quantitative estimate of drug-likeness (QED) is 0.117. The number of rotatable bonds is 14. The van der Waals surface area contributed by atoms with Crippen LogP contribution in [0.5, 0.6) is 11.8 Å². The Morgan fingerprint density at radius 1 is 0.981 bits per heavy atom. The minimum absolute atomic E-state index is 0.0700. The molecule has 3 aliphatic rings. The number of aromatic nitrogens is 2. The summed E-state index contributed by atoms with van der Waals surface area (Å²) in [5.41, 5.74) is 4.76. The van der Waals surface area contributed by atoms with Gasteiger partial charge in [-0.15, -0.1) is 0 Å². The third-order valence-corrected chi connectivity index (χ3v) is 11.8. The summed E-state index contributed by atoms with van der Waals surface area (Å²) in [6.07, 6.45) is 0.134. The molecule has 12 heteroatoms. The van der Waals surface area contributed by atoms with Gasteiger partial charge in [-0.2, -0.15) is 13.2 Å². The van der Waals surface area contributed by atoms with Crippen LogP contribution in [-0.2, 0) is 36.8 Å². The van der Waals surface area contributed by atoms with E-state index in [0.29, 0.717) is 48.8 Å². The molecule has 54 heavy (non-hydrogen) atoms. The molecule has 3 N–H and O–H groups in total. The second-order valence-corrected chi connectivity index (χ2v) is 15.7. The lowest BCUT2D eigenvalue weighted by molar-refractivity contribution is -0.143. The second-order valence-electron chi connectivity index (χ2n) is 15.3. The number of pyridine rings is 2. The van der Waals surface area contributed by atoms with Crippen LogP contribution in [0.25, 0.3) is 22.4 Å². The van der Waals surface area contributed by atoms with Crippen LogP contribution in [0.2, 0.25) is 5.02 Å². The molecule has 7 rings (SSSR count). The fourth-order valence-electron chi connectivity index (χ4n) is 8.41. The molecule has 2 aromatic carbocycles. The summed E-state index contributed by atoms with van der Waals surface area (Å²) < 4.78 is 54.9. The van der Waals surface area contributed by atoms with Gasteiger partial charge in [-0.3, -0.25) is 4.79 Å². The van der Waals surface area contributed by atoms with Crippen molar-refractivity contribution in [1.82, 2.24) is 15.3 Å². The zero-order chi connectivity index (χ0) is 38.4. The fraction of sp³-hybridized carbons (Fsp3) is 0.452. The molecule has 0 amide bonds. The van der Waals surface area contributed by atoms with Gasteiger partial charge in [0.1, 0.15) is 0 Å². The Kier molecular flexibility index (Phi) is 10.7. The van der Waals surface area contributed by atoms with Crippen molar-refractivity contribution in [2.75, 3.05) is 14.2 Å². The normalized spacial score (nSPS) is 21.3. The summed E-state index contributed by atoms with van der Waals surface area (Å²) >= 11 is 7.14. The van der Waals surface area contributed by atoms with E-state index in [-0.39, 0.29) is 54.3 Å². The van der Waals surface area contributed by atoms with E-state index in [1.165, 1.54) is 7.11 Å². The van der Waals surface area contributed by atoms with Crippen molar-refractivity contribution in [2.45, 2.75) is 95.0 Å². The summed E-state index contributed by atoms with van der Waals surface area (Å²) in [5.74, 6) is -1.06. The van der Waals surface area contributed by atoms with Crippen molar-refractivity contribution in [3.05, 3.63) is 93.1 Å². The Morgan fingerprint density at radius 2 is 1.67 bits per heavy atom. The van der Waals surface area contributed by atoms with E-state index in [1.54, 1.807) is 7.11 Å². The summed E-state index contributed by atoms with van der Waals surface area (Å²) in [4.78, 5) is 21.0. The molecule has 0 spiro atoms. The number of carboxylic acids is 1. The minimum Gasteiger partial charge on any atom is -0.481 e. The number of hydrogen-bond donors (Lipinski definition) is 3. The van der Waals surface area contributed by atoms with Crippen LogP contribution in [-0.4, -0.2) is 52.0 Å². The number of carbonyl (C=O) groups is 1. The van der Waals surface area contributed by atoms with Gasteiger partial charge in [-0.1, -0.05) is 54.1 Å². The smallest absolute Gasteiger partial charge is 0.418 e. The van der Waals surface area contributed by atoms with Gasteiger partial charge in [0.05, 0.1) is 47.7 Å². The number of carboxylic acid groups (broad SMARTS) is 1. The van der Waals surface area contributed by atoms with Crippen molar-refractivity contribution in [2.24, 2.45) is 11.8 Å². The molecule has 8 nitrogen and oxygen atoms in total. The summed E-state index contributed by atoms with van der Waals surface area (Å²) in [6, 6.07) is 16.9. The van der Waals surface area contributed by atoms with Crippen LogP contribution in [0.15, 0.2) is 54.6 Å². The SMILES string of the molecule is COc1nc(-c2cccc(-c3cccc4c3CC[C@@H]4Cc3nc(OC)c(CC[C@H](C(=O)O)C4CC4)cc3C(F)(F)F)c2Cl)ccc1CNC1CC(C)(O)C1. The largest absolute Gasteiger partial charge is 0.481 e. The molecular formula is C42H45ClF3N3O5. The van der Waals surface area contributed by atoms with Crippen molar-refractivity contribution in [3.8, 4) is 34.1 Å². The van der Waals surface area contributed by atoms with E-state index in [1.807, 2.05) is 55.5 Å². The van der Waals surface area contributed by atoms with E-state index < -0.39 is 29.2 Å². The van der Waals surface area contributed by atoms with Gasteiger partial charge < -0.3 is 25.0 Å². The van der Waals surface area contributed by atoms with Gasteiger partial charge >= 0.3 is 12.1 Å². The second kappa shape index (κ2) is 15.2. The molecule has 0 unspecified atom stereocenters. The van der Waals surface area contributed by atoms with Crippen molar-refractivity contribution in [1.29, 1.82) is 0 Å². The minimum atomic E-state index is -4.65. The maximum atomic E-state index is 14.6. The number of hydrogen-bond acceptors (Lipinski definition) is 7. The maximum absolute atomic E-state index is 14.6. The van der Waals surface area contributed by atoms with E-state index in [4.69, 9.17) is 26.1 Å². The molecule has 0 bridgehead atoms. The number of alkyl halides is 3. The summed E-state index contributed by atoms with van der Waals surface area (Å²) in [6.45, 7) is 2.38. The zero-order valence-electron chi connectivity index (χ0n) is 30.6. The monoisotopic (exact) mass is 763 g/mol. The first-order valence-corrected chi connectivity index (χ1v) is 18.9. The zero-order valence-corrected chi connectivity index (χ0v) is 31.4. The Balaban J connectivity index is 1.13. The van der Waals surface area contributed by atoms with E-state index in [9.17, 15) is 28.2 Å². The number of aryl methyl sites for hydroxylation is 1. The van der Waals surface area contributed by atoms with Gasteiger partial charge in [0.25, 0.3) is 0 Å². The number of fused-ring (bicyclic) bond motifs is 1. The number of aliphatic carboxylic acids is 1. The molecule has 0 radical (unpaired) electrons. The summed E-state index contributed by atoms with van der Waals surface area (Å²) in [5, 5.41) is 23.7. The average molecular weight is 764 g/mol. The maximum Gasteiger partial charge on any atom is 0.418 e. The predicted octanol–water partition coefficient (Wildman–Crippen LogP) is 8.82. The molecule has 0 aliphatic heterocycles. The highest BCUT2D eigenvalue weighted by atomic mass is 35.5. The van der Waals surface area contributed by atoms with Crippen molar-refractivity contribution in [3.63, 3.8) is 0 Å². The molecule has 2 aromatic heterocycles. The lowest BCUT2D eigenvalue weighted by Gasteiger charge is -2.41. The molecule has 2 atom stereocenters. The molecule has 2 fully saturated rings. The van der Waals surface area contributed by atoms with Crippen molar-refractivity contribution >= 4 is 17.6 Å². The first-order valence-electron chi connectivity index (χ1n) is 18.5. The van der Waals surface area contributed by atoms with Gasteiger partial charge in [0.2, 0.25) is 11.8 Å². The lowest BCUT2D eigenvalue weighted by atomic mass is 9.77. The van der Waals surface area contributed by atoms with Crippen LogP contribution in [0.3, 0.4) is 0 Å². The molecule has 0 saturated heterocycles. The lowest BCUT2D eigenvalue weighted by Crippen LogP contribution is -2.51. The highest BCUT2D eigenvalue weighted by Crippen LogP contribution is 2.46. The molecule has 286 valence electrons. The topological polar surface area (TPSA) is 114 Å². The number of halogens is 4. The number of benzene rings is 2. The van der Waals surface area contributed by atoms with Gasteiger partial charge in [-0.05, 0) is 105 Å². The van der Waals surface area contributed by atoms with Gasteiger partial charge in [0, 0.05) is 34.8 Å². The Morgan fingerprint density at radius 3 is 2.33 bits per heavy atom. The number of ether oxygens (including phenoxy) is 2. The van der Waals surface area contributed by atoms with Gasteiger partial charge in [-0.25, -0.2) is 9.97 Å². The molecule has 3 aliphatic carbocycles. The standard InChI is InChI=1S/C42H45ClF3N3O5/c1-41(52)20-27(21-41)47-22-26-14-17-35(48-39(26)54-3)33-9-5-8-32(37(33)43)30-7-4-6-28-24(12-16-31(28)30)19-36-34(42(44,45)46)18-25(38(49-36)53-2)13-15-29(40(50)51)23-10-11-23/h4-9,14,17-18,23-24,27,29,47,52H,10-13,15-16,19-22H2,1-3H3,(H,50,51)/t24-,27?,29+,41?/m1/s1. The first-order chi connectivity index (χ1) is 25.8. The van der Waals surface area contributed by atoms with Crippen LogP contribution in [0.4, 0.5) is 13.2 Å². The first kappa shape index (κ1) is 38.1. The average Bonchev–Trinajstić information content (AvgIpc) is 3.88. The molecule has 2 saturated carbocycles. The van der Waals surface area contributed by atoms with Crippen LogP contribution in [0.1, 0.15) is 84.9 Å². The number of nitrogens with zero attached hydrogens (tertiary/aromatic N) is 2. The fourth-order valence-corrected chi connectivity index (χ4v) is 8.73. The van der Waals surface area contributed by atoms with Crippen LogP contribution >= 0.6 is 11.6 Å². The van der Waals surface area contributed by atoms with E-state index in [0.717, 1.165) is 52.3 Å². The Bertz CT molecular complexity index is 2040. The molecular weight excluding hydrogens is 719 g/mol. The van der Waals surface area contributed by atoms with Crippen molar-refractivity contribution < 1.29 is 37.7 Å². The third kappa shape index (κ3) is 7.95. The Hall–Kier alpha value is -4.19. The van der Waals surface area contributed by atoms with E-state index in [2.05, 4.69) is 10.3 Å². The predicted molar refractivity (Wildman–Crippen MR) is 200 cm³/mol. The molecule has 2 heterocycles.